The van der Waals surface area contributed by atoms with Gasteiger partial charge in [-0.3, -0.25) is 4.79 Å². The highest BCUT2D eigenvalue weighted by Gasteiger charge is 2.51. The number of hydrogen-bond acceptors (Lipinski definition) is 2. The zero-order valence-corrected chi connectivity index (χ0v) is 19.0. The second kappa shape index (κ2) is 7.21. The van der Waals surface area contributed by atoms with Crippen molar-refractivity contribution in [2.24, 2.45) is 17.8 Å². The molecule has 4 saturated carbocycles. The number of carbonyl (C=O) groups is 1. The monoisotopic (exact) mass is 417 g/mol. The maximum absolute atomic E-state index is 13.6. The average molecular weight is 418 g/mol. The van der Waals surface area contributed by atoms with Gasteiger partial charge < -0.3 is 5.32 Å². The van der Waals surface area contributed by atoms with Crippen molar-refractivity contribution in [2.75, 3.05) is 0 Å². The second-order valence-electron chi connectivity index (χ2n) is 11.3. The van der Waals surface area contributed by atoms with Gasteiger partial charge in [0.2, 0.25) is 0 Å². The lowest BCUT2D eigenvalue weighted by atomic mass is 9.53. The van der Waals surface area contributed by atoms with E-state index in [1.807, 2.05) is 0 Å². The molecule has 0 spiro atoms. The highest BCUT2D eigenvalue weighted by atomic mass is 16.2. The van der Waals surface area contributed by atoms with Crippen molar-refractivity contribution in [3.05, 3.63) is 46.8 Å². The molecule has 2 aromatic rings. The van der Waals surface area contributed by atoms with Gasteiger partial charge >= 0.3 is 0 Å². The van der Waals surface area contributed by atoms with Crippen molar-refractivity contribution < 1.29 is 4.79 Å². The normalized spacial score (nSPS) is 31.1. The van der Waals surface area contributed by atoms with E-state index in [0.29, 0.717) is 11.6 Å². The number of carbonyl (C=O) groups excluding carboxylic acids is 1. The molecule has 0 radical (unpaired) electrons. The third-order valence-electron chi connectivity index (χ3n) is 8.62. The number of hydrogen-bond donors (Lipinski definition) is 1. The van der Waals surface area contributed by atoms with Gasteiger partial charge in [-0.15, -0.1) is 0 Å². The Morgan fingerprint density at radius 3 is 2.23 bits per heavy atom. The molecule has 1 amide bonds. The molecular weight excluding hydrogens is 382 g/mol. The van der Waals surface area contributed by atoms with Crippen LogP contribution in [0.25, 0.3) is 5.69 Å². The number of nitrogens with one attached hydrogen (secondary N) is 1. The van der Waals surface area contributed by atoms with Crippen molar-refractivity contribution >= 4 is 5.91 Å². The van der Waals surface area contributed by atoms with Crippen LogP contribution in [0.4, 0.5) is 0 Å². The van der Waals surface area contributed by atoms with E-state index in [-0.39, 0.29) is 11.4 Å². The van der Waals surface area contributed by atoms with E-state index in [4.69, 9.17) is 5.10 Å². The van der Waals surface area contributed by atoms with Crippen molar-refractivity contribution in [1.29, 1.82) is 0 Å². The van der Waals surface area contributed by atoms with E-state index in [1.165, 1.54) is 61.8 Å². The predicted molar refractivity (Wildman–Crippen MR) is 123 cm³/mol. The van der Waals surface area contributed by atoms with E-state index < -0.39 is 0 Å². The summed E-state index contributed by atoms with van der Waals surface area (Å²) >= 11 is 0. The summed E-state index contributed by atoms with van der Waals surface area (Å²) < 4.78 is 2.06. The van der Waals surface area contributed by atoms with Crippen LogP contribution < -0.4 is 5.32 Å². The molecule has 5 aliphatic carbocycles. The maximum atomic E-state index is 13.6. The highest BCUT2D eigenvalue weighted by Crippen LogP contribution is 2.55. The number of aromatic nitrogens is 2. The molecule has 0 aliphatic heterocycles. The van der Waals surface area contributed by atoms with Crippen molar-refractivity contribution in [2.45, 2.75) is 89.5 Å². The van der Waals surface area contributed by atoms with Gasteiger partial charge in [0, 0.05) is 16.8 Å². The Labute approximate surface area is 185 Å². The summed E-state index contributed by atoms with van der Waals surface area (Å²) in [6, 6.07) is 8.73. The van der Waals surface area contributed by atoms with E-state index in [2.05, 4.69) is 48.1 Å². The molecule has 31 heavy (non-hydrogen) atoms. The summed E-state index contributed by atoms with van der Waals surface area (Å²) in [5, 5.41) is 8.50. The lowest BCUT2D eigenvalue weighted by Gasteiger charge is -2.56. The van der Waals surface area contributed by atoms with Crippen molar-refractivity contribution in [1.82, 2.24) is 15.1 Å². The second-order valence-corrected chi connectivity index (χ2v) is 11.3. The van der Waals surface area contributed by atoms with E-state index in [9.17, 15) is 4.79 Å². The van der Waals surface area contributed by atoms with Gasteiger partial charge in [-0.1, -0.05) is 26.0 Å². The number of rotatable bonds is 4. The minimum atomic E-state index is 0.0378. The van der Waals surface area contributed by atoms with Crippen LogP contribution in [0.15, 0.2) is 24.3 Å². The summed E-state index contributed by atoms with van der Waals surface area (Å²) in [6.07, 6.45) is 12.1. The molecule has 4 heteroatoms. The fourth-order valence-corrected chi connectivity index (χ4v) is 7.56. The fraction of sp³-hybridized carbons (Fsp3) is 0.630. The topological polar surface area (TPSA) is 46.9 Å². The lowest BCUT2D eigenvalue weighted by Crippen LogP contribution is -2.60. The molecule has 1 N–H and O–H groups in total. The molecule has 4 fully saturated rings. The van der Waals surface area contributed by atoms with Gasteiger partial charge in [-0.05, 0) is 106 Å². The third-order valence-corrected chi connectivity index (χ3v) is 8.62. The Bertz CT molecular complexity index is 965. The Morgan fingerprint density at radius 2 is 1.61 bits per heavy atom. The van der Waals surface area contributed by atoms with Gasteiger partial charge in [-0.2, -0.15) is 5.10 Å². The molecule has 1 aromatic carbocycles. The number of amides is 1. The first-order chi connectivity index (χ1) is 15.0. The molecule has 4 bridgehead atoms. The molecule has 1 heterocycles. The fourth-order valence-electron chi connectivity index (χ4n) is 7.56. The number of nitrogens with zero attached hydrogens (tertiary/aromatic N) is 2. The zero-order chi connectivity index (χ0) is 21.2. The zero-order valence-electron chi connectivity index (χ0n) is 19.0. The molecule has 0 atom stereocenters. The smallest absolute Gasteiger partial charge is 0.272 e. The Hall–Kier alpha value is -2.10. The molecule has 0 unspecified atom stereocenters. The number of fused-ring (bicyclic) bond motifs is 1. The van der Waals surface area contributed by atoms with E-state index in [1.54, 1.807) is 0 Å². The SMILES string of the molecule is CC(C)c1ccc(-n2nc(C(=O)NC34CC5CC(CC(C5)C3)C4)c3c2CCCC3)cc1. The van der Waals surface area contributed by atoms with Gasteiger partial charge in [0.05, 0.1) is 5.69 Å². The first-order valence-corrected chi connectivity index (χ1v) is 12.5. The third kappa shape index (κ3) is 3.34. The molecule has 7 rings (SSSR count). The molecule has 1 aromatic heterocycles. The van der Waals surface area contributed by atoms with Crippen molar-refractivity contribution in [3.8, 4) is 5.69 Å². The van der Waals surface area contributed by atoms with Crippen LogP contribution in [0, 0.1) is 17.8 Å². The van der Waals surface area contributed by atoms with Crippen LogP contribution in [0.5, 0.6) is 0 Å². The molecule has 4 nitrogen and oxygen atoms in total. The summed E-state index contributed by atoms with van der Waals surface area (Å²) in [6.45, 7) is 4.44. The number of benzene rings is 1. The summed E-state index contributed by atoms with van der Waals surface area (Å²) in [5.74, 6) is 3.09. The quantitative estimate of drug-likeness (QED) is 0.706. The first-order valence-electron chi connectivity index (χ1n) is 12.5. The van der Waals surface area contributed by atoms with Gasteiger partial charge in [0.15, 0.2) is 5.69 Å². The standard InChI is InChI=1S/C27H35N3O/c1-17(2)21-7-9-22(10-8-21)30-24-6-4-3-5-23(24)25(29-30)26(31)28-27-14-18-11-19(15-27)13-20(12-18)16-27/h7-10,17-20H,3-6,11-16H2,1-2H3,(H,28,31). The van der Waals surface area contributed by atoms with Crippen molar-refractivity contribution in [3.63, 3.8) is 0 Å². The summed E-state index contributed by atoms with van der Waals surface area (Å²) in [4.78, 5) is 13.6. The predicted octanol–water partition coefficient (Wildman–Crippen LogP) is 5.57. The molecule has 5 aliphatic rings. The van der Waals surface area contributed by atoms with Gasteiger partial charge in [-0.25, -0.2) is 4.68 Å². The maximum Gasteiger partial charge on any atom is 0.272 e. The minimum absolute atomic E-state index is 0.0378. The van der Waals surface area contributed by atoms with Gasteiger partial charge in [0.25, 0.3) is 5.91 Å². The Balaban J connectivity index is 1.32. The lowest BCUT2D eigenvalue weighted by molar-refractivity contribution is -0.0168. The van der Waals surface area contributed by atoms with E-state index >= 15 is 0 Å². The largest absolute Gasteiger partial charge is 0.345 e. The van der Waals surface area contributed by atoms with E-state index in [0.717, 1.165) is 42.7 Å². The summed E-state index contributed by atoms with van der Waals surface area (Å²) in [7, 11) is 0. The molecular formula is C27H35N3O. The first kappa shape index (κ1) is 19.6. The molecule has 164 valence electrons. The Morgan fingerprint density at radius 1 is 1.00 bits per heavy atom. The van der Waals surface area contributed by atoms with Crippen LogP contribution in [-0.4, -0.2) is 21.2 Å². The minimum Gasteiger partial charge on any atom is -0.345 e. The highest BCUT2D eigenvalue weighted by molar-refractivity contribution is 5.94. The van der Waals surface area contributed by atoms with Crippen LogP contribution >= 0.6 is 0 Å². The Kier molecular flexibility index (Phi) is 4.56. The van der Waals surface area contributed by atoms with Crippen LogP contribution in [0.1, 0.15) is 98.4 Å². The van der Waals surface area contributed by atoms with Gasteiger partial charge in [0.1, 0.15) is 0 Å². The van der Waals surface area contributed by atoms with Crippen LogP contribution in [0.2, 0.25) is 0 Å². The van der Waals surface area contributed by atoms with Crippen LogP contribution in [-0.2, 0) is 12.8 Å². The average Bonchev–Trinajstić information content (AvgIpc) is 3.12. The molecule has 0 saturated heterocycles. The van der Waals surface area contributed by atoms with Crippen LogP contribution in [0.3, 0.4) is 0 Å². The summed E-state index contributed by atoms with van der Waals surface area (Å²) in [5.41, 5.74) is 5.59.